The normalized spacial score (nSPS) is 10.3. The van der Waals surface area contributed by atoms with Gasteiger partial charge in [0.1, 0.15) is 11.4 Å². The third-order valence-corrected chi connectivity index (χ3v) is 3.60. The molecular weight excluding hydrogens is 294 g/mol. The van der Waals surface area contributed by atoms with Crippen molar-refractivity contribution in [3.63, 3.8) is 0 Å². The lowest BCUT2D eigenvalue weighted by Gasteiger charge is -2.15. The minimum atomic E-state index is -0.465. The van der Waals surface area contributed by atoms with Crippen LogP contribution in [0.3, 0.4) is 0 Å². The van der Waals surface area contributed by atoms with E-state index in [2.05, 4.69) is 15.5 Å². The minimum absolute atomic E-state index is 0.0905. The van der Waals surface area contributed by atoms with Crippen molar-refractivity contribution in [3.05, 3.63) is 50.4 Å². The first-order chi connectivity index (χ1) is 9.93. The lowest BCUT2D eigenvalue weighted by atomic mass is 10.1. The van der Waals surface area contributed by atoms with Gasteiger partial charge in [0.05, 0.1) is 12.8 Å². The van der Waals surface area contributed by atoms with Crippen molar-refractivity contribution >= 4 is 23.2 Å². The van der Waals surface area contributed by atoms with E-state index in [0.717, 1.165) is 5.56 Å². The molecule has 2 aromatic rings. The van der Waals surface area contributed by atoms with Crippen LogP contribution in [0.4, 0.5) is 5.69 Å². The van der Waals surface area contributed by atoms with E-state index in [1.807, 2.05) is 6.92 Å². The zero-order valence-corrected chi connectivity index (χ0v) is 12.5. The highest BCUT2D eigenvalue weighted by Gasteiger charge is 2.16. The smallest absolute Gasteiger partial charge is 0.276 e. The number of amides is 1. The second-order valence-electron chi connectivity index (χ2n) is 4.47. The van der Waals surface area contributed by atoms with Gasteiger partial charge in [0, 0.05) is 11.1 Å². The van der Waals surface area contributed by atoms with E-state index in [0.29, 0.717) is 22.0 Å². The van der Waals surface area contributed by atoms with Crippen LogP contribution in [-0.4, -0.2) is 23.2 Å². The average molecular weight is 308 g/mol. The second-order valence-corrected chi connectivity index (χ2v) is 4.85. The van der Waals surface area contributed by atoms with Crippen molar-refractivity contribution < 1.29 is 9.53 Å². The van der Waals surface area contributed by atoms with E-state index in [4.69, 9.17) is 16.3 Å². The number of aromatic nitrogens is 2. The maximum atomic E-state index is 12.1. The highest BCUT2D eigenvalue weighted by Crippen LogP contribution is 2.36. The molecule has 0 atom stereocenters. The number of aryl methyl sites for hydroxylation is 1. The second kappa shape index (κ2) is 5.97. The summed E-state index contributed by atoms with van der Waals surface area (Å²) in [6.45, 7) is 3.64. The van der Waals surface area contributed by atoms with Gasteiger partial charge in [-0.3, -0.25) is 9.59 Å². The zero-order valence-electron chi connectivity index (χ0n) is 11.8. The van der Waals surface area contributed by atoms with Gasteiger partial charge in [-0.1, -0.05) is 11.6 Å². The minimum Gasteiger partial charge on any atom is -0.495 e. The van der Waals surface area contributed by atoms with Crippen LogP contribution < -0.4 is 15.6 Å². The molecule has 6 nitrogen and oxygen atoms in total. The number of nitrogens with one attached hydrogen (secondary N) is 2. The lowest BCUT2D eigenvalue weighted by Crippen LogP contribution is -2.18. The van der Waals surface area contributed by atoms with Crippen LogP contribution in [0.2, 0.25) is 5.02 Å². The predicted molar refractivity (Wildman–Crippen MR) is 80.3 cm³/mol. The molecule has 1 amide bonds. The summed E-state index contributed by atoms with van der Waals surface area (Å²) in [5.41, 5.74) is 1.75. The van der Waals surface area contributed by atoms with E-state index in [1.54, 1.807) is 13.0 Å². The zero-order chi connectivity index (χ0) is 15.6. The summed E-state index contributed by atoms with van der Waals surface area (Å²) < 4.78 is 5.27. The van der Waals surface area contributed by atoms with Crippen LogP contribution in [0.1, 0.15) is 21.6 Å². The molecular formula is C14H14ClN3O3. The fraction of sp³-hybridized carbons (Fsp3) is 0.214. The summed E-state index contributed by atoms with van der Waals surface area (Å²) in [5, 5.41) is 9.14. The Labute approximate surface area is 126 Å². The van der Waals surface area contributed by atoms with Crippen LogP contribution in [0.25, 0.3) is 0 Å². The molecule has 0 bridgehead atoms. The number of H-pyrrole nitrogens is 1. The number of rotatable bonds is 3. The van der Waals surface area contributed by atoms with Gasteiger partial charge in [-0.05, 0) is 37.1 Å². The van der Waals surface area contributed by atoms with Gasteiger partial charge in [-0.15, -0.1) is 0 Å². The number of methoxy groups -OCH3 is 1. The van der Waals surface area contributed by atoms with E-state index in [-0.39, 0.29) is 11.3 Å². The number of ether oxygens (including phenoxy) is 1. The SMILES string of the molecule is COc1cc(C)c(Cl)c(C)c1NC(=O)c1ccc(=O)[nH]n1. The van der Waals surface area contributed by atoms with E-state index in [9.17, 15) is 9.59 Å². The Hall–Kier alpha value is -2.34. The molecule has 0 spiro atoms. The molecule has 1 aromatic heterocycles. The van der Waals surface area contributed by atoms with E-state index < -0.39 is 5.91 Å². The van der Waals surface area contributed by atoms with Crippen LogP contribution in [0.5, 0.6) is 5.75 Å². The van der Waals surface area contributed by atoms with Gasteiger partial charge in [0.15, 0.2) is 0 Å². The molecule has 110 valence electrons. The number of nitrogens with zero attached hydrogens (tertiary/aromatic N) is 1. The number of anilines is 1. The van der Waals surface area contributed by atoms with Gasteiger partial charge in [-0.25, -0.2) is 5.10 Å². The number of carbonyl (C=O) groups excluding carboxylic acids is 1. The third kappa shape index (κ3) is 3.05. The highest BCUT2D eigenvalue weighted by atomic mass is 35.5. The summed E-state index contributed by atoms with van der Waals surface area (Å²) in [6, 6.07) is 4.31. The largest absolute Gasteiger partial charge is 0.495 e. The Kier molecular flexibility index (Phi) is 4.28. The van der Waals surface area contributed by atoms with Crippen molar-refractivity contribution in [2.45, 2.75) is 13.8 Å². The number of hydrogen-bond donors (Lipinski definition) is 2. The molecule has 2 N–H and O–H groups in total. The molecule has 7 heteroatoms. The first-order valence-electron chi connectivity index (χ1n) is 6.14. The van der Waals surface area contributed by atoms with Crippen molar-refractivity contribution in [1.82, 2.24) is 10.2 Å². The third-order valence-electron chi connectivity index (χ3n) is 3.01. The van der Waals surface area contributed by atoms with Crippen molar-refractivity contribution in [2.24, 2.45) is 0 Å². The average Bonchev–Trinajstić information content (AvgIpc) is 2.48. The number of aromatic amines is 1. The van der Waals surface area contributed by atoms with Crippen LogP contribution in [0, 0.1) is 13.8 Å². The van der Waals surface area contributed by atoms with Gasteiger partial charge >= 0.3 is 0 Å². The van der Waals surface area contributed by atoms with Crippen molar-refractivity contribution in [2.75, 3.05) is 12.4 Å². The van der Waals surface area contributed by atoms with Crippen LogP contribution in [-0.2, 0) is 0 Å². The Balaban J connectivity index is 2.39. The van der Waals surface area contributed by atoms with Gasteiger partial charge < -0.3 is 10.1 Å². The molecule has 1 aromatic carbocycles. The Morgan fingerprint density at radius 3 is 2.67 bits per heavy atom. The molecule has 0 aliphatic rings. The summed E-state index contributed by atoms with van der Waals surface area (Å²) in [6.07, 6.45) is 0. The van der Waals surface area contributed by atoms with Gasteiger partial charge in [0.2, 0.25) is 0 Å². The maximum absolute atomic E-state index is 12.1. The van der Waals surface area contributed by atoms with Gasteiger partial charge in [-0.2, -0.15) is 5.10 Å². The molecule has 0 aliphatic heterocycles. The quantitative estimate of drug-likeness (QED) is 0.911. The first kappa shape index (κ1) is 15.1. The molecule has 2 rings (SSSR count). The molecule has 0 aliphatic carbocycles. The Morgan fingerprint density at radius 2 is 2.10 bits per heavy atom. The number of halogens is 1. The van der Waals surface area contributed by atoms with Crippen molar-refractivity contribution in [1.29, 1.82) is 0 Å². The summed E-state index contributed by atoms with van der Waals surface area (Å²) in [4.78, 5) is 23.1. The van der Waals surface area contributed by atoms with Gasteiger partial charge in [0.25, 0.3) is 11.5 Å². The summed E-state index contributed by atoms with van der Waals surface area (Å²) in [5.74, 6) is 0.0414. The molecule has 0 unspecified atom stereocenters. The summed E-state index contributed by atoms with van der Waals surface area (Å²) in [7, 11) is 1.51. The highest BCUT2D eigenvalue weighted by molar-refractivity contribution is 6.32. The number of carbonyl (C=O) groups is 1. The molecule has 0 saturated carbocycles. The fourth-order valence-electron chi connectivity index (χ4n) is 1.89. The molecule has 0 fully saturated rings. The molecule has 21 heavy (non-hydrogen) atoms. The Morgan fingerprint density at radius 1 is 1.38 bits per heavy atom. The van der Waals surface area contributed by atoms with Crippen molar-refractivity contribution in [3.8, 4) is 5.75 Å². The molecule has 0 radical (unpaired) electrons. The van der Waals surface area contributed by atoms with Crippen LogP contribution >= 0.6 is 11.6 Å². The van der Waals surface area contributed by atoms with E-state index >= 15 is 0 Å². The Bertz CT molecular complexity index is 735. The topological polar surface area (TPSA) is 84.1 Å². The number of benzene rings is 1. The predicted octanol–water partition coefficient (Wildman–Crippen LogP) is 2.30. The maximum Gasteiger partial charge on any atom is 0.276 e. The number of hydrogen-bond acceptors (Lipinski definition) is 4. The van der Waals surface area contributed by atoms with E-state index in [1.165, 1.54) is 19.2 Å². The fourth-order valence-corrected chi connectivity index (χ4v) is 2.04. The van der Waals surface area contributed by atoms with Crippen LogP contribution in [0.15, 0.2) is 23.0 Å². The molecule has 1 heterocycles. The monoisotopic (exact) mass is 307 g/mol. The standard InChI is InChI=1S/C14H14ClN3O3/c1-7-6-10(21-3)13(8(2)12(7)15)16-14(20)9-4-5-11(19)18-17-9/h4-6H,1-3H3,(H,16,20)(H,18,19). The lowest BCUT2D eigenvalue weighted by molar-refractivity contribution is 0.102. The summed E-state index contributed by atoms with van der Waals surface area (Å²) >= 11 is 6.19. The first-order valence-corrected chi connectivity index (χ1v) is 6.52. The molecule has 0 saturated heterocycles.